The van der Waals surface area contributed by atoms with Crippen molar-refractivity contribution in [1.82, 2.24) is 14.8 Å². The van der Waals surface area contributed by atoms with E-state index in [1.807, 2.05) is 0 Å². The van der Waals surface area contributed by atoms with Gasteiger partial charge in [-0.2, -0.15) is 0 Å². The summed E-state index contributed by atoms with van der Waals surface area (Å²) in [5.74, 6) is 0. The topological polar surface area (TPSA) is 46.2 Å². The zero-order valence-electron chi connectivity index (χ0n) is 11.5. The summed E-state index contributed by atoms with van der Waals surface area (Å²) >= 11 is 0. The molecule has 0 amide bonds. The van der Waals surface area contributed by atoms with E-state index in [2.05, 4.69) is 46.2 Å². The van der Waals surface area contributed by atoms with Gasteiger partial charge in [-0.3, -0.25) is 4.90 Å². The molecule has 3 rings (SSSR count). The number of hydrogen-bond acceptors (Lipinski definition) is 3. The highest BCUT2D eigenvalue weighted by Crippen LogP contribution is 2.23. The first kappa shape index (κ1) is 12.7. The van der Waals surface area contributed by atoms with Crippen molar-refractivity contribution >= 4 is 10.9 Å². The fraction of sp³-hybridized carbons (Fsp3) is 0.467. The summed E-state index contributed by atoms with van der Waals surface area (Å²) in [4.78, 5) is 2.52. The molecule has 1 aliphatic rings. The van der Waals surface area contributed by atoms with Crippen LogP contribution in [0.2, 0.25) is 0 Å². The van der Waals surface area contributed by atoms with Gasteiger partial charge in [0.15, 0.2) is 0 Å². The second-order valence-electron chi connectivity index (χ2n) is 5.35. The van der Waals surface area contributed by atoms with Gasteiger partial charge in [-0.15, -0.1) is 0 Å². The highest BCUT2D eigenvalue weighted by atomic mass is 15.2. The average Bonchev–Trinajstić information content (AvgIpc) is 2.76. The first-order chi connectivity index (χ1) is 9.28. The number of rotatable bonds is 3. The highest BCUT2D eigenvalue weighted by Gasteiger charge is 2.13. The quantitative estimate of drug-likeness (QED) is 0.865. The first-order valence-corrected chi connectivity index (χ1v) is 6.98. The molecule has 4 heteroatoms. The molecule has 0 bridgehead atoms. The molecule has 0 radical (unpaired) electrons. The Morgan fingerprint density at radius 1 is 1.26 bits per heavy atom. The average molecular weight is 258 g/mol. The molecule has 2 aromatic rings. The van der Waals surface area contributed by atoms with Crippen molar-refractivity contribution in [2.75, 3.05) is 26.2 Å². The number of aromatic nitrogens is 1. The van der Waals surface area contributed by atoms with Crippen LogP contribution in [0.5, 0.6) is 0 Å². The minimum absolute atomic E-state index is 0.605. The van der Waals surface area contributed by atoms with Crippen molar-refractivity contribution in [1.29, 1.82) is 0 Å². The van der Waals surface area contributed by atoms with E-state index in [1.165, 1.54) is 22.0 Å². The molecule has 0 spiro atoms. The Balaban J connectivity index is 1.90. The van der Waals surface area contributed by atoms with Crippen LogP contribution in [0.25, 0.3) is 10.9 Å². The smallest absolute Gasteiger partial charge is 0.0484 e. The zero-order valence-corrected chi connectivity index (χ0v) is 11.5. The monoisotopic (exact) mass is 258 g/mol. The SMILES string of the molecule is Cn1cc(CN2CCNCC2)c2ccc(CN)cc21. The van der Waals surface area contributed by atoms with Crippen LogP contribution in [0.4, 0.5) is 0 Å². The van der Waals surface area contributed by atoms with Crippen molar-refractivity contribution in [3.63, 3.8) is 0 Å². The van der Waals surface area contributed by atoms with Crippen LogP contribution < -0.4 is 11.1 Å². The molecule has 102 valence electrons. The molecule has 4 nitrogen and oxygen atoms in total. The normalized spacial score (nSPS) is 17.2. The number of fused-ring (bicyclic) bond motifs is 1. The fourth-order valence-corrected chi connectivity index (χ4v) is 2.88. The number of benzene rings is 1. The standard InChI is InChI=1S/C15H22N4/c1-18-10-13(11-19-6-4-17-5-7-19)14-3-2-12(9-16)8-15(14)18/h2-3,8,10,17H,4-7,9,11,16H2,1H3. The third-order valence-electron chi connectivity index (χ3n) is 3.98. The van der Waals surface area contributed by atoms with Crippen LogP contribution in [0.3, 0.4) is 0 Å². The van der Waals surface area contributed by atoms with Crippen molar-refractivity contribution in [3.8, 4) is 0 Å². The lowest BCUT2D eigenvalue weighted by Gasteiger charge is -2.26. The van der Waals surface area contributed by atoms with E-state index in [9.17, 15) is 0 Å². The van der Waals surface area contributed by atoms with Gasteiger partial charge in [0, 0.05) is 63.4 Å². The molecular weight excluding hydrogens is 236 g/mol. The Morgan fingerprint density at radius 2 is 2.05 bits per heavy atom. The van der Waals surface area contributed by atoms with Crippen LogP contribution in [0.15, 0.2) is 24.4 Å². The number of aryl methyl sites for hydroxylation is 1. The molecule has 1 aromatic heterocycles. The van der Waals surface area contributed by atoms with Gasteiger partial charge in [-0.05, 0) is 17.2 Å². The molecule has 1 fully saturated rings. The van der Waals surface area contributed by atoms with Crippen molar-refractivity contribution in [2.24, 2.45) is 12.8 Å². The van der Waals surface area contributed by atoms with Gasteiger partial charge in [0.1, 0.15) is 0 Å². The Hall–Kier alpha value is -1.36. The molecule has 1 aliphatic heterocycles. The van der Waals surface area contributed by atoms with Crippen LogP contribution in [0.1, 0.15) is 11.1 Å². The minimum Gasteiger partial charge on any atom is -0.350 e. The molecular formula is C15H22N4. The summed E-state index contributed by atoms with van der Waals surface area (Å²) in [5.41, 5.74) is 9.62. The summed E-state index contributed by atoms with van der Waals surface area (Å²) in [7, 11) is 2.11. The number of hydrogen-bond donors (Lipinski definition) is 2. The number of nitrogens with zero attached hydrogens (tertiary/aromatic N) is 2. The van der Waals surface area contributed by atoms with E-state index in [4.69, 9.17) is 5.73 Å². The van der Waals surface area contributed by atoms with Crippen molar-refractivity contribution < 1.29 is 0 Å². The number of nitrogens with one attached hydrogen (secondary N) is 1. The van der Waals surface area contributed by atoms with Gasteiger partial charge < -0.3 is 15.6 Å². The Kier molecular flexibility index (Phi) is 3.55. The van der Waals surface area contributed by atoms with E-state index in [-0.39, 0.29) is 0 Å². The maximum Gasteiger partial charge on any atom is 0.0484 e. The minimum atomic E-state index is 0.605. The lowest BCUT2D eigenvalue weighted by atomic mass is 10.1. The molecule has 1 aromatic carbocycles. The molecule has 19 heavy (non-hydrogen) atoms. The molecule has 1 saturated heterocycles. The molecule has 2 heterocycles. The van der Waals surface area contributed by atoms with E-state index < -0.39 is 0 Å². The molecule has 0 saturated carbocycles. The molecule has 0 unspecified atom stereocenters. The van der Waals surface area contributed by atoms with Gasteiger partial charge in [0.2, 0.25) is 0 Å². The van der Waals surface area contributed by atoms with Gasteiger partial charge in [-0.25, -0.2) is 0 Å². The van der Waals surface area contributed by atoms with Gasteiger partial charge in [-0.1, -0.05) is 12.1 Å². The summed E-state index contributed by atoms with van der Waals surface area (Å²) < 4.78 is 2.21. The summed E-state index contributed by atoms with van der Waals surface area (Å²) in [6.45, 7) is 6.12. The molecule has 3 N–H and O–H groups in total. The van der Waals surface area contributed by atoms with Crippen molar-refractivity contribution in [3.05, 3.63) is 35.5 Å². The van der Waals surface area contributed by atoms with Gasteiger partial charge in [0.05, 0.1) is 0 Å². The second-order valence-corrected chi connectivity index (χ2v) is 5.35. The maximum absolute atomic E-state index is 5.72. The maximum atomic E-state index is 5.72. The fourth-order valence-electron chi connectivity index (χ4n) is 2.88. The Labute approximate surface area is 114 Å². The number of nitrogens with two attached hydrogens (primary N) is 1. The summed E-state index contributed by atoms with van der Waals surface area (Å²) in [6.07, 6.45) is 2.26. The van der Waals surface area contributed by atoms with E-state index >= 15 is 0 Å². The summed E-state index contributed by atoms with van der Waals surface area (Å²) in [5, 5.41) is 4.76. The Morgan fingerprint density at radius 3 is 2.79 bits per heavy atom. The zero-order chi connectivity index (χ0) is 13.2. The van der Waals surface area contributed by atoms with Crippen LogP contribution in [-0.4, -0.2) is 35.6 Å². The third-order valence-corrected chi connectivity index (χ3v) is 3.98. The third kappa shape index (κ3) is 2.52. The van der Waals surface area contributed by atoms with Gasteiger partial charge >= 0.3 is 0 Å². The molecule has 0 aliphatic carbocycles. The van der Waals surface area contributed by atoms with E-state index in [0.29, 0.717) is 6.54 Å². The lowest BCUT2D eigenvalue weighted by molar-refractivity contribution is 0.234. The lowest BCUT2D eigenvalue weighted by Crippen LogP contribution is -2.42. The predicted octanol–water partition coefficient (Wildman–Crippen LogP) is 1.04. The van der Waals surface area contributed by atoms with Crippen LogP contribution >= 0.6 is 0 Å². The Bertz CT molecular complexity index is 567. The van der Waals surface area contributed by atoms with Crippen LogP contribution in [-0.2, 0) is 20.1 Å². The second kappa shape index (κ2) is 5.33. The van der Waals surface area contributed by atoms with Gasteiger partial charge in [0.25, 0.3) is 0 Å². The highest BCUT2D eigenvalue weighted by molar-refractivity contribution is 5.84. The predicted molar refractivity (Wildman–Crippen MR) is 79.0 cm³/mol. The number of piperazine rings is 1. The molecule has 0 atom stereocenters. The van der Waals surface area contributed by atoms with Crippen LogP contribution in [0, 0.1) is 0 Å². The first-order valence-electron chi connectivity index (χ1n) is 6.98. The van der Waals surface area contributed by atoms with E-state index in [0.717, 1.165) is 32.7 Å². The van der Waals surface area contributed by atoms with E-state index in [1.54, 1.807) is 0 Å². The summed E-state index contributed by atoms with van der Waals surface area (Å²) in [6, 6.07) is 6.56. The van der Waals surface area contributed by atoms with Crippen molar-refractivity contribution in [2.45, 2.75) is 13.1 Å². The largest absolute Gasteiger partial charge is 0.350 e.